The highest BCUT2D eigenvalue weighted by Crippen LogP contribution is 2.52. The van der Waals surface area contributed by atoms with Crippen molar-refractivity contribution >= 4 is 130 Å². The summed E-state index contributed by atoms with van der Waals surface area (Å²) in [6.45, 7) is 4.61. The van der Waals surface area contributed by atoms with Crippen molar-refractivity contribution < 1.29 is 0 Å². The van der Waals surface area contributed by atoms with E-state index in [4.69, 9.17) is 44.9 Å². The Morgan fingerprint density at radius 3 is 0.720 bits per heavy atom. The summed E-state index contributed by atoms with van der Waals surface area (Å²) in [5.41, 5.74) is 26.2. The molecule has 0 saturated carbocycles. The van der Waals surface area contributed by atoms with Crippen LogP contribution in [-0.4, -0.2) is 58.6 Å². The first-order chi connectivity index (χ1) is 74.2. The molecule has 0 N–H and O–H groups in total. The molecular weight excluding hydrogens is 1830 g/mol. The van der Waals surface area contributed by atoms with Gasteiger partial charge in [0.25, 0.3) is 0 Å². The third kappa shape index (κ3) is 15.0. The normalized spacial score (nSPS) is 12.1. The van der Waals surface area contributed by atoms with Crippen LogP contribution < -0.4 is 0 Å². The lowest BCUT2D eigenvalue weighted by Gasteiger charge is -2.21. The van der Waals surface area contributed by atoms with Crippen LogP contribution in [0.15, 0.2) is 510 Å². The summed E-state index contributed by atoms with van der Waals surface area (Å²) in [4.78, 5) is 46.5. The molecule has 0 amide bonds. The number of hydrogen-bond acceptors (Lipinski definition) is 9. The lowest BCUT2D eigenvalue weighted by atomic mass is 9.82. The number of para-hydroxylation sites is 6. The van der Waals surface area contributed by atoms with Gasteiger partial charge in [-0.15, -0.1) is 0 Å². The van der Waals surface area contributed by atoms with E-state index < -0.39 is 0 Å². The van der Waals surface area contributed by atoms with Crippen molar-refractivity contribution in [1.82, 2.24) is 58.6 Å². The Bertz CT molecular complexity index is 10300. The van der Waals surface area contributed by atoms with Crippen molar-refractivity contribution in [3.8, 4) is 142 Å². The van der Waals surface area contributed by atoms with Crippen molar-refractivity contribution in [2.75, 3.05) is 0 Å². The molecule has 0 saturated heterocycles. The molecule has 1 aliphatic rings. The van der Waals surface area contributed by atoms with Gasteiger partial charge in [-0.25, -0.2) is 15.0 Å². The second-order valence-corrected chi connectivity index (χ2v) is 38.9. The highest BCUT2D eigenvalue weighted by Gasteiger charge is 2.36. The molecule has 29 aromatic rings. The Kier molecular flexibility index (Phi) is 21.3. The van der Waals surface area contributed by atoms with Crippen LogP contribution in [0.25, 0.3) is 272 Å². The summed E-state index contributed by atoms with van der Waals surface area (Å²) in [5, 5.41) is 22.0. The van der Waals surface area contributed by atoms with E-state index in [9.17, 15) is 0 Å². The van der Waals surface area contributed by atoms with E-state index in [-0.39, 0.29) is 5.41 Å². The minimum Gasteiger partial charge on any atom is -0.277 e. The molecule has 150 heavy (non-hydrogen) atoms. The summed E-state index contributed by atoms with van der Waals surface area (Å²) in [6.07, 6.45) is 0. The van der Waals surface area contributed by atoms with Crippen LogP contribution in [0.3, 0.4) is 0 Å². The monoisotopic (exact) mass is 1910 g/mol. The van der Waals surface area contributed by atoms with E-state index in [1.54, 1.807) is 0 Å². The summed E-state index contributed by atoms with van der Waals surface area (Å²) < 4.78 is 6.68. The molecule has 0 bridgehead atoms. The molecular formula is C138H90N12. The van der Waals surface area contributed by atoms with E-state index in [1.165, 1.54) is 92.5 Å². The predicted octanol–water partition coefficient (Wildman–Crippen LogP) is 34.8. The zero-order valence-corrected chi connectivity index (χ0v) is 81.9. The van der Waals surface area contributed by atoms with Gasteiger partial charge in [0.1, 0.15) is 0 Å². The molecule has 702 valence electrons. The Labute approximate surface area is 864 Å². The number of fused-ring (bicyclic) bond motifs is 24. The average molecular weight is 1920 g/mol. The van der Waals surface area contributed by atoms with Crippen LogP contribution in [0.1, 0.15) is 25.0 Å². The maximum Gasteiger partial charge on any atom is 0.238 e. The third-order valence-electron chi connectivity index (χ3n) is 30.0. The molecule has 6 heterocycles. The van der Waals surface area contributed by atoms with Crippen molar-refractivity contribution in [3.63, 3.8) is 0 Å². The minimum absolute atomic E-state index is 0.128. The molecule has 6 aromatic heterocycles. The van der Waals surface area contributed by atoms with E-state index >= 15 is 0 Å². The molecule has 0 unspecified atom stereocenters. The number of rotatable bonds is 13. The van der Waals surface area contributed by atoms with Gasteiger partial charge in [-0.3, -0.25) is 13.7 Å². The number of hydrogen-bond donors (Lipinski definition) is 0. The molecule has 1 aliphatic carbocycles. The average Bonchev–Trinajstić information content (AvgIpc) is 1.57. The maximum atomic E-state index is 5.27. The van der Waals surface area contributed by atoms with Crippen LogP contribution >= 0.6 is 0 Å². The SMILES string of the molecule is CC1(C)c2ccccc2-c2ccc(-c3nc(-c4ccccc4)nc(-n4c5ccccc5c5cccc(-c6ccccc6)c54)n3)cc21.c1ccc(-c2ccc(-c3nc(-c4ccccc4)nc(-n4c5ccccc5c5cccc(-c6ccc7c8ccccc8c8ccccc8c7c6)c54)n3)cc2)cc1.c1ccc(-c2nc(-c3ccccc3)nc(-n3c4ccccc4c4cccc(-c5ccc6c7ccccc7c7ccccc7c6c5)c43)n2)cc1. The Hall–Kier alpha value is -20.0. The van der Waals surface area contributed by atoms with Gasteiger partial charge >= 0.3 is 0 Å². The Morgan fingerprint density at radius 1 is 0.140 bits per heavy atom. The molecule has 0 radical (unpaired) electrons. The fourth-order valence-electron chi connectivity index (χ4n) is 22.9. The number of aromatic nitrogens is 12. The second-order valence-electron chi connectivity index (χ2n) is 38.9. The van der Waals surface area contributed by atoms with Gasteiger partial charge in [0.2, 0.25) is 17.8 Å². The van der Waals surface area contributed by atoms with Crippen LogP contribution in [0.4, 0.5) is 0 Å². The quantitative estimate of drug-likeness (QED) is 0.104. The van der Waals surface area contributed by atoms with Gasteiger partial charge in [-0.1, -0.05) is 487 Å². The van der Waals surface area contributed by atoms with Crippen molar-refractivity contribution in [2.24, 2.45) is 0 Å². The molecule has 30 rings (SSSR count). The molecule has 0 spiro atoms. The number of benzene rings is 23. The van der Waals surface area contributed by atoms with Crippen LogP contribution in [0.5, 0.6) is 0 Å². The van der Waals surface area contributed by atoms with Crippen molar-refractivity contribution in [3.05, 3.63) is 521 Å². The highest BCUT2D eigenvalue weighted by atomic mass is 15.2. The fourth-order valence-corrected chi connectivity index (χ4v) is 22.9. The molecule has 12 heteroatoms. The van der Waals surface area contributed by atoms with Crippen LogP contribution in [0, 0.1) is 0 Å². The summed E-state index contributed by atoms with van der Waals surface area (Å²) >= 11 is 0. The largest absolute Gasteiger partial charge is 0.277 e. The smallest absolute Gasteiger partial charge is 0.238 e. The lowest BCUT2D eigenvalue weighted by molar-refractivity contribution is 0.660. The molecule has 0 aliphatic heterocycles. The second kappa shape index (κ2) is 36.4. The van der Waals surface area contributed by atoms with Gasteiger partial charge in [-0.2, -0.15) is 29.9 Å². The van der Waals surface area contributed by atoms with Gasteiger partial charge in [-0.05, 0) is 151 Å². The summed E-state index contributed by atoms with van der Waals surface area (Å²) in [6, 6.07) is 180. The summed E-state index contributed by atoms with van der Waals surface area (Å²) in [5.74, 6) is 5.58. The topological polar surface area (TPSA) is 131 Å². The van der Waals surface area contributed by atoms with Crippen LogP contribution in [0.2, 0.25) is 0 Å². The highest BCUT2D eigenvalue weighted by molar-refractivity contribution is 6.28. The number of nitrogens with zero attached hydrogens (tertiary/aromatic N) is 12. The van der Waals surface area contributed by atoms with E-state index in [1.807, 2.05) is 103 Å². The zero-order valence-electron chi connectivity index (χ0n) is 81.9. The van der Waals surface area contributed by atoms with Gasteiger partial charge in [0, 0.05) is 87.8 Å². The minimum atomic E-state index is -0.128. The Morgan fingerprint density at radius 2 is 0.367 bits per heavy atom. The lowest BCUT2D eigenvalue weighted by Crippen LogP contribution is -2.15. The van der Waals surface area contributed by atoms with E-state index in [0.717, 1.165) is 138 Å². The zero-order chi connectivity index (χ0) is 99.4. The first kappa shape index (κ1) is 87.8. The van der Waals surface area contributed by atoms with Crippen molar-refractivity contribution in [1.29, 1.82) is 0 Å². The summed E-state index contributed by atoms with van der Waals surface area (Å²) in [7, 11) is 0. The van der Waals surface area contributed by atoms with E-state index in [2.05, 4.69) is 434 Å². The standard InChI is InChI=1S/C51H32N4.C45H28N4.C42H30N4/c1-3-14-33(15-4-1)34-26-28-36(29-27-34)50-52-49(35-16-5-2-6-17-35)53-51(54-50)55-47-25-12-11-22-44(47)45-24-13-23-38(48(45)55)37-30-31-43-41-20-8-7-18-39(41)40-19-9-10-21-42(40)46(43)32-37;1-3-14-29(15-4-1)43-46-44(30-16-5-2-6-17-30)48-45(47-43)49-41-25-12-11-22-38(41)39-24-13-23-32(42(39)49)31-26-27-37-35-20-8-7-18-33(35)34-19-9-10-21-36(34)40(37)28-31;1-42(2)35-22-11-9-18-31(35)32-25-24-29(26-36(32)42)40-43-39(28-16-7-4-8-17-28)44-41(45-40)46-37-23-12-10-19-33(37)34-21-13-20-30(38(34)46)27-14-5-3-6-15-27/h1-32H;1-28H;3-26H,1-2H3. The van der Waals surface area contributed by atoms with Gasteiger partial charge in [0.15, 0.2) is 34.9 Å². The van der Waals surface area contributed by atoms with E-state index in [0.29, 0.717) is 52.8 Å². The predicted molar refractivity (Wildman–Crippen MR) is 619 cm³/mol. The first-order valence-corrected chi connectivity index (χ1v) is 50.9. The van der Waals surface area contributed by atoms with Crippen LogP contribution in [-0.2, 0) is 5.41 Å². The van der Waals surface area contributed by atoms with Gasteiger partial charge < -0.3 is 0 Å². The van der Waals surface area contributed by atoms with Crippen molar-refractivity contribution in [2.45, 2.75) is 19.3 Å². The molecule has 12 nitrogen and oxygen atoms in total. The van der Waals surface area contributed by atoms with Gasteiger partial charge in [0.05, 0.1) is 33.1 Å². The molecule has 23 aromatic carbocycles. The maximum absolute atomic E-state index is 5.27. The molecule has 0 atom stereocenters. The third-order valence-corrected chi connectivity index (χ3v) is 30.0. The Balaban J connectivity index is 0.000000109. The first-order valence-electron chi connectivity index (χ1n) is 50.9. The fraction of sp³-hybridized carbons (Fsp3) is 0.0217. The molecule has 0 fully saturated rings.